The average Bonchev–Trinajstić information content (AvgIpc) is 2.41. The lowest BCUT2D eigenvalue weighted by Crippen LogP contribution is -2.05. The molecule has 0 radical (unpaired) electrons. The molecule has 0 fully saturated rings. The molecule has 0 aliphatic carbocycles. The number of halogens is 2. The lowest BCUT2D eigenvalue weighted by atomic mass is 10.1. The first-order chi connectivity index (χ1) is 9.58. The van der Waals surface area contributed by atoms with Crippen LogP contribution >= 0.6 is 11.6 Å². The Balaban J connectivity index is 2.15. The Labute approximate surface area is 120 Å². The van der Waals surface area contributed by atoms with Crippen LogP contribution in [0.4, 0.5) is 4.39 Å². The highest BCUT2D eigenvalue weighted by atomic mass is 35.5. The number of carboxylic acids is 1. The van der Waals surface area contributed by atoms with E-state index in [-0.39, 0.29) is 18.1 Å². The minimum Gasteiger partial charge on any atom is -0.488 e. The summed E-state index contributed by atoms with van der Waals surface area (Å²) in [6, 6.07) is 11.4. The van der Waals surface area contributed by atoms with Crippen molar-refractivity contribution in [3.05, 3.63) is 64.4 Å². The molecule has 1 N–H and O–H groups in total. The second-order valence-corrected chi connectivity index (χ2v) is 4.59. The molecule has 0 amide bonds. The van der Waals surface area contributed by atoms with E-state index in [2.05, 4.69) is 0 Å². The van der Waals surface area contributed by atoms with Crippen molar-refractivity contribution >= 4 is 17.6 Å². The van der Waals surface area contributed by atoms with Gasteiger partial charge in [0.1, 0.15) is 18.2 Å². The monoisotopic (exact) mass is 294 g/mol. The molecule has 0 aromatic heterocycles. The van der Waals surface area contributed by atoms with E-state index in [1.165, 1.54) is 6.07 Å². The SMILES string of the molecule is O=C(O)Cc1ccccc1OCc1cccc(Cl)c1F. The van der Waals surface area contributed by atoms with Gasteiger partial charge in [-0.25, -0.2) is 4.39 Å². The Morgan fingerprint density at radius 3 is 2.60 bits per heavy atom. The summed E-state index contributed by atoms with van der Waals surface area (Å²) in [7, 11) is 0. The first-order valence-corrected chi connectivity index (χ1v) is 6.31. The van der Waals surface area contributed by atoms with Gasteiger partial charge in [-0.05, 0) is 12.1 Å². The molecule has 0 spiro atoms. The maximum Gasteiger partial charge on any atom is 0.307 e. The van der Waals surface area contributed by atoms with Gasteiger partial charge in [-0.3, -0.25) is 4.79 Å². The molecule has 0 unspecified atom stereocenters. The van der Waals surface area contributed by atoms with Crippen LogP contribution in [0.2, 0.25) is 5.02 Å². The molecule has 2 rings (SSSR count). The summed E-state index contributed by atoms with van der Waals surface area (Å²) in [6.45, 7) is -0.0109. The lowest BCUT2D eigenvalue weighted by molar-refractivity contribution is -0.136. The Morgan fingerprint density at radius 1 is 1.15 bits per heavy atom. The summed E-state index contributed by atoms with van der Waals surface area (Å²) in [6.07, 6.45) is -0.145. The number of benzene rings is 2. The van der Waals surface area contributed by atoms with E-state index in [0.29, 0.717) is 16.9 Å². The number of hydrogen-bond acceptors (Lipinski definition) is 2. The number of para-hydroxylation sites is 1. The zero-order chi connectivity index (χ0) is 14.5. The van der Waals surface area contributed by atoms with Crippen molar-refractivity contribution in [2.75, 3.05) is 0 Å². The minimum atomic E-state index is -0.949. The highest BCUT2D eigenvalue weighted by Crippen LogP contribution is 2.22. The van der Waals surface area contributed by atoms with Crippen molar-refractivity contribution in [1.29, 1.82) is 0 Å². The van der Waals surface area contributed by atoms with Crippen LogP contribution in [0.15, 0.2) is 42.5 Å². The second-order valence-electron chi connectivity index (χ2n) is 4.18. The molecular formula is C15H12ClFO3. The van der Waals surface area contributed by atoms with Gasteiger partial charge in [0.15, 0.2) is 0 Å². The fourth-order valence-corrected chi connectivity index (χ4v) is 1.96. The molecule has 2 aromatic carbocycles. The van der Waals surface area contributed by atoms with Gasteiger partial charge >= 0.3 is 5.97 Å². The molecule has 0 bridgehead atoms. The van der Waals surface area contributed by atoms with Gasteiger partial charge in [-0.2, -0.15) is 0 Å². The Hall–Kier alpha value is -2.07. The summed E-state index contributed by atoms with van der Waals surface area (Å²) in [5.41, 5.74) is 0.866. The molecule has 5 heteroatoms. The van der Waals surface area contributed by atoms with Gasteiger partial charge in [0.2, 0.25) is 0 Å². The van der Waals surface area contributed by atoms with Crippen LogP contribution < -0.4 is 4.74 Å². The fourth-order valence-electron chi connectivity index (χ4n) is 1.77. The molecule has 3 nitrogen and oxygen atoms in total. The van der Waals surface area contributed by atoms with E-state index >= 15 is 0 Å². The van der Waals surface area contributed by atoms with Crippen LogP contribution in [0, 0.1) is 5.82 Å². The second kappa shape index (κ2) is 6.39. The number of aliphatic carboxylic acids is 1. The quantitative estimate of drug-likeness (QED) is 0.915. The maximum absolute atomic E-state index is 13.7. The van der Waals surface area contributed by atoms with Gasteiger partial charge in [0, 0.05) is 11.1 Å². The zero-order valence-corrected chi connectivity index (χ0v) is 11.2. The minimum absolute atomic E-state index is 0.0109. The van der Waals surface area contributed by atoms with Gasteiger partial charge < -0.3 is 9.84 Å². The standard InChI is InChI=1S/C15H12ClFO3/c16-12-6-3-5-11(15(12)17)9-20-13-7-2-1-4-10(13)8-14(18)19/h1-7H,8-9H2,(H,18,19). The number of hydrogen-bond donors (Lipinski definition) is 1. The summed E-state index contributed by atoms with van der Waals surface area (Å²) >= 11 is 5.69. The Morgan fingerprint density at radius 2 is 1.85 bits per heavy atom. The molecule has 104 valence electrons. The van der Waals surface area contributed by atoms with Crippen molar-refractivity contribution in [2.45, 2.75) is 13.0 Å². The molecule has 0 aliphatic rings. The van der Waals surface area contributed by atoms with Gasteiger partial charge in [0.05, 0.1) is 11.4 Å². The van der Waals surface area contributed by atoms with Crippen LogP contribution in [-0.2, 0) is 17.8 Å². The highest BCUT2D eigenvalue weighted by Gasteiger charge is 2.10. The van der Waals surface area contributed by atoms with Crippen molar-refractivity contribution < 1.29 is 19.0 Å². The molecule has 2 aromatic rings. The largest absolute Gasteiger partial charge is 0.488 e. The molecule has 0 aliphatic heterocycles. The molecular weight excluding hydrogens is 283 g/mol. The van der Waals surface area contributed by atoms with E-state index in [9.17, 15) is 9.18 Å². The third-order valence-electron chi connectivity index (χ3n) is 2.73. The Bertz CT molecular complexity index is 628. The normalized spacial score (nSPS) is 10.3. The summed E-state index contributed by atoms with van der Waals surface area (Å²) in [5.74, 6) is -1.05. The van der Waals surface area contributed by atoms with E-state index in [1.54, 1.807) is 36.4 Å². The molecule has 20 heavy (non-hydrogen) atoms. The third kappa shape index (κ3) is 3.48. The van der Waals surface area contributed by atoms with Crippen LogP contribution in [0.1, 0.15) is 11.1 Å². The average molecular weight is 295 g/mol. The summed E-state index contributed by atoms with van der Waals surface area (Å²) < 4.78 is 19.2. The van der Waals surface area contributed by atoms with Gasteiger partial charge in [-0.1, -0.05) is 41.9 Å². The number of carbonyl (C=O) groups is 1. The van der Waals surface area contributed by atoms with Crippen LogP contribution in [0.3, 0.4) is 0 Å². The first-order valence-electron chi connectivity index (χ1n) is 5.93. The lowest BCUT2D eigenvalue weighted by Gasteiger charge is -2.11. The van der Waals surface area contributed by atoms with Crippen molar-refractivity contribution in [3.63, 3.8) is 0 Å². The van der Waals surface area contributed by atoms with E-state index in [1.807, 2.05) is 0 Å². The predicted octanol–water partition coefficient (Wildman–Crippen LogP) is 3.69. The van der Waals surface area contributed by atoms with Crippen LogP contribution in [-0.4, -0.2) is 11.1 Å². The summed E-state index contributed by atoms with van der Waals surface area (Å²) in [4.78, 5) is 10.8. The van der Waals surface area contributed by atoms with Gasteiger partial charge in [0.25, 0.3) is 0 Å². The number of rotatable bonds is 5. The van der Waals surface area contributed by atoms with Crippen molar-refractivity contribution in [3.8, 4) is 5.75 Å². The smallest absolute Gasteiger partial charge is 0.307 e. The third-order valence-corrected chi connectivity index (χ3v) is 3.02. The van der Waals surface area contributed by atoms with E-state index in [4.69, 9.17) is 21.4 Å². The van der Waals surface area contributed by atoms with Crippen molar-refractivity contribution in [1.82, 2.24) is 0 Å². The summed E-state index contributed by atoms with van der Waals surface area (Å²) in [5, 5.41) is 8.86. The van der Waals surface area contributed by atoms with Crippen molar-refractivity contribution in [2.24, 2.45) is 0 Å². The highest BCUT2D eigenvalue weighted by molar-refractivity contribution is 6.30. The van der Waals surface area contributed by atoms with Gasteiger partial charge in [-0.15, -0.1) is 0 Å². The van der Waals surface area contributed by atoms with E-state index in [0.717, 1.165) is 0 Å². The number of ether oxygens (including phenoxy) is 1. The Kier molecular flexibility index (Phi) is 4.58. The van der Waals surface area contributed by atoms with Crippen LogP contribution in [0.5, 0.6) is 5.75 Å². The van der Waals surface area contributed by atoms with Crippen LogP contribution in [0.25, 0.3) is 0 Å². The number of carboxylic acid groups (broad SMARTS) is 1. The maximum atomic E-state index is 13.7. The predicted molar refractivity (Wildman–Crippen MR) is 73.5 cm³/mol. The van der Waals surface area contributed by atoms with E-state index < -0.39 is 11.8 Å². The molecule has 0 saturated carbocycles. The fraction of sp³-hybridized carbons (Fsp3) is 0.133. The molecule has 0 heterocycles. The molecule has 0 atom stereocenters. The molecule has 0 saturated heterocycles. The zero-order valence-electron chi connectivity index (χ0n) is 10.5. The topological polar surface area (TPSA) is 46.5 Å². The first kappa shape index (κ1) is 14.3.